The number of rotatable bonds is 4. The Morgan fingerprint density at radius 1 is 1.06 bits per heavy atom. The summed E-state index contributed by atoms with van der Waals surface area (Å²) in [4.78, 5) is 4.18. The van der Waals surface area contributed by atoms with Gasteiger partial charge >= 0.3 is 0 Å². The van der Waals surface area contributed by atoms with Gasteiger partial charge in [0.2, 0.25) is 0 Å². The zero-order chi connectivity index (χ0) is 12.1. The molecule has 17 heavy (non-hydrogen) atoms. The van der Waals surface area contributed by atoms with Crippen LogP contribution in [0.4, 0.5) is 11.4 Å². The van der Waals surface area contributed by atoms with E-state index in [0.717, 1.165) is 11.4 Å². The molecule has 1 aromatic heterocycles. The number of pyridine rings is 1. The average Bonchev–Trinajstić information content (AvgIpc) is 2.40. The van der Waals surface area contributed by atoms with E-state index in [0.29, 0.717) is 0 Å². The molecule has 2 aromatic rings. The third-order valence-electron chi connectivity index (χ3n) is 2.71. The number of anilines is 2. The van der Waals surface area contributed by atoms with Crippen LogP contribution in [-0.4, -0.2) is 12.0 Å². The van der Waals surface area contributed by atoms with Gasteiger partial charge in [0.25, 0.3) is 0 Å². The first-order valence-corrected chi connectivity index (χ1v) is 5.74. The van der Waals surface area contributed by atoms with Crippen LogP contribution in [0.5, 0.6) is 0 Å². The van der Waals surface area contributed by atoms with Gasteiger partial charge in [0, 0.05) is 13.1 Å². The molecule has 0 amide bonds. The first-order chi connectivity index (χ1) is 8.29. The van der Waals surface area contributed by atoms with Crippen molar-refractivity contribution in [3.8, 4) is 0 Å². The first-order valence-electron chi connectivity index (χ1n) is 5.74. The van der Waals surface area contributed by atoms with E-state index in [1.165, 1.54) is 5.56 Å². The van der Waals surface area contributed by atoms with Crippen LogP contribution in [-0.2, 0) is 0 Å². The maximum absolute atomic E-state index is 4.18. The molecule has 88 valence electrons. The van der Waals surface area contributed by atoms with E-state index in [4.69, 9.17) is 0 Å². The second kappa shape index (κ2) is 5.34. The number of benzene rings is 1. The van der Waals surface area contributed by atoms with E-state index in [-0.39, 0.29) is 6.04 Å². The first kappa shape index (κ1) is 11.5. The lowest BCUT2D eigenvalue weighted by atomic mass is 10.1. The number of hydrogen-bond donors (Lipinski definition) is 2. The van der Waals surface area contributed by atoms with Gasteiger partial charge in [0.15, 0.2) is 0 Å². The van der Waals surface area contributed by atoms with Crippen molar-refractivity contribution in [2.45, 2.75) is 13.0 Å². The summed E-state index contributed by atoms with van der Waals surface area (Å²) in [6, 6.07) is 12.7. The quantitative estimate of drug-likeness (QED) is 0.841. The molecule has 2 rings (SSSR count). The van der Waals surface area contributed by atoms with Gasteiger partial charge in [-0.1, -0.05) is 30.3 Å². The Kier molecular flexibility index (Phi) is 3.60. The average molecular weight is 227 g/mol. The monoisotopic (exact) mass is 227 g/mol. The zero-order valence-electron chi connectivity index (χ0n) is 10.1. The van der Waals surface area contributed by atoms with Crippen LogP contribution >= 0.6 is 0 Å². The molecule has 0 saturated heterocycles. The SMILES string of the molecule is CNc1cncc(NC(C)c2ccccc2)c1. The molecule has 0 radical (unpaired) electrons. The molecule has 0 saturated carbocycles. The minimum absolute atomic E-state index is 0.269. The Labute approximate surface area is 102 Å². The lowest BCUT2D eigenvalue weighted by molar-refractivity contribution is 0.883. The smallest absolute Gasteiger partial charge is 0.0552 e. The molecular weight excluding hydrogens is 210 g/mol. The number of aromatic nitrogens is 1. The fourth-order valence-corrected chi connectivity index (χ4v) is 1.73. The predicted octanol–water partition coefficient (Wildman–Crippen LogP) is 3.30. The van der Waals surface area contributed by atoms with Crippen LogP contribution in [0.25, 0.3) is 0 Å². The molecule has 3 nitrogen and oxygen atoms in total. The minimum Gasteiger partial charge on any atom is -0.387 e. The van der Waals surface area contributed by atoms with Gasteiger partial charge in [0.05, 0.1) is 23.8 Å². The second-order valence-corrected chi connectivity index (χ2v) is 3.99. The summed E-state index contributed by atoms with van der Waals surface area (Å²) in [6.07, 6.45) is 3.64. The largest absolute Gasteiger partial charge is 0.387 e. The van der Waals surface area contributed by atoms with E-state index < -0.39 is 0 Å². The molecule has 0 spiro atoms. The van der Waals surface area contributed by atoms with Crippen LogP contribution in [0.2, 0.25) is 0 Å². The van der Waals surface area contributed by atoms with E-state index in [9.17, 15) is 0 Å². The van der Waals surface area contributed by atoms with Gasteiger partial charge in [-0.25, -0.2) is 0 Å². The van der Waals surface area contributed by atoms with Gasteiger partial charge in [-0.3, -0.25) is 4.98 Å². The molecule has 1 atom stereocenters. The molecule has 1 unspecified atom stereocenters. The molecular formula is C14H17N3. The molecule has 3 heteroatoms. The summed E-state index contributed by atoms with van der Waals surface area (Å²) in [7, 11) is 1.89. The van der Waals surface area contributed by atoms with Crippen LogP contribution in [0.3, 0.4) is 0 Å². The summed E-state index contributed by atoms with van der Waals surface area (Å²) >= 11 is 0. The van der Waals surface area contributed by atoms with Gasteiger partial charge in [-0.15, -0.1) is 0 Å². The Bertz CT molecular complexity index is 468. The van der Waals surface area contributed by atoms with Gasteiger partial charge in [0.1, 0.15) is 0 Å². The third-order valence-corrected chi connectivity index (χ3v) is 2.71. The normalized spacial score (nSPS) is 11.9. The Hall–Kier alpha value is -2.03. The standard InChI is InChI=1S/C14H17N3/c1-11(12-6-4-3-5-7-12)17-14-8-13(15-2)9-16-10-14/h3-11,15,17H,1-2H3. The van der Waals surface area contributed by atoms with E-state index in [2.05, 4.69) is 46.8 Å². The Balaban J connectivity index is 2.10. The topological polar surface area (TPSA) is 37.0 Å². The minimum atomic E-state index is 0.269. The molecule has 0 aliphatic heterocycles. The molecule has 1 heterocycles. The molecule has 2 N–H and O–H groups in total. The van der Waals surface area contributed by atoms with Crippen molar-refractivity contribution >= 4 is 11.4 Å². The third kappa shape index (κ3) is 2.97. The van der Waals surface area contributed by atoms with Crippen LogP contribution < -0.4 is 10.6 Å². The highest BCUT2D eigenvalue weighted by Crippen LogP contribution is 2.20. The number of nitrogens with one attached hydrogen (secondary N) is 2. The van der Waals surface area contributed by atoms with E-state index in [1.807, 2.05) is 25.4 Å². The summed E-state index contributed by atoms with van der Waals surface area (Å²) < 4.78 is 0. The van der Waals surface area contributed by atoms with Gasteiger partial charge < -0.3 is 10.6 Å². The van der Waals surface area contributed by atoms with E-state index in [1.54, 1.807) is 6.20 Å². The summed E-state index contributed by atoms with van der Waals surface area (Å²) in [5.41, 5.74) is 3.30. The van der Waals surface area contributed by atoms with Crippen molar-refractivity contribution in [1.29, 1.82) is 0 Å². The van der Waals surface area contributed by atoms with Crippen molar-refractivity contribution in [2.24, 2.45) is 0 Å². The summed E-state index contributed by atoms with van der Waals surface area (Å²) in [5, 5.41) is 6.51. The zero-order valence-corrected chi connectivity index (χ0v) is 10.1. The highest BCUT2D eigenvalue weighted by atomic mass is 14.9. The highest BCUT2D eigenvalue weighted by molar-refractivity contribution is 5.54. The molecule has 1 aromatic carbocycles. The highest BCUT2D eigenvalue weighted by Gasteiger charge is 2.04. The molecule has 0 fully saturated rings. The fraction of sp³-hybridized carbons (Fsp3) is 0.214. The van der Waals surface area contributed by atoms with Gasteiger partial charge in [-0.2, -0.15) is 0 Å². The predicted molar refractivity (Wildman–Crippen MR) is 72.3 cm³/mol. The van der Waals surface area contributed by atoms with Crippen molar-refractivity contribution in [2.75, 3.05) is 17.7 Å². The number of hydrogen-bond acceptors (Lipinski definition) is 3. The van der Waals surface area contributed by atoms with Gasteiger partial charge in [-0.05, 0) is 18.6 Å². The van der Waals surface area contributed by atoms with E-state index >= 15 is 0 Å². The van der Waals surface area contributed by atoms with Crippen LogP contribution in [0, 0.1) is 0 Å². The van der Waals surface area contributed by atoms with Crippen LogP contribution in [0.1, 0.15) is 18.5 Å². The number of nitrogens with zero attached hydrogens (tertiary/aromatic N) is 1. The Morgan fingerprint density at radius 3 is 2.47 bits per heavy atom. The van der Waals surface area contributed by atoms with Crippen molar-refractivity contribution < 1.29 is 0 Å². The molecule has 0 aliphatic carbocycles. The van der Waals surface area contributed by atoms with Crippen molar-refractivity contribution in [3.05, 3.63) is 54.4 Å². The molecule has 0 bridgehead atoms. The maximum Gasteiger partial charge on any atom is 0.0552 e. The van der Waals surface area contributed by atoms with Crippen molar-refractivity contribution in [3.63, 3.8) is 0 Å². The fourth-order valence-electron chi connectivity index (χ4n) is 1.73. The van der Waals surface area contributed by atoms with Crippen molar-refractivity contribution in [1.82, 2.24) is 4.98 Å². The summed E-state index contributed by atoms with van der Waals surface area (Å²) in [5.74, 6) is 0. The maximum atomic E-state index is 4.18. The lowest BCUT2D eigenvalue weighted by Gasteiger charge is -2.15. The second-order valence-electron chi connectivity index (χ2n) is 3.99. The lowest BCUT2D eigenvalue weighted by Crippen LogP contribution is -2.06. The molecule has 0 aliphatic rings. The summed E-state index contributed by atoms with van der Waals surface area (Å²) in [6.45, 7) is 2.14. The Morgan fingerprint density at radius 2 is 1.76 bits per heavy atom. The van der Waals surface area contributed by atoms with Crippen LogP contribution in [0.15, 0.2) is 48.8 Å².